The fraction of sp³-hybridized carbons (Fsp3) is 0.889. The number of hydrogen-bond acceptors (Lipinski definition) is 8. The zero-order chi connectivity index (χ0) is 21.6. The van der Waals surface area contributed by atoms with Crippen molar-refractivity contribution in [3.8, 4) is 0 Å². The molecule has 28 heavy (non-hydrogen) atoms. The molecule has 0 aromatic rings. The van der Waals surface area contributed by atoms with Crippen molar-refractivity contribution in [3.63, 3.8) is 0 Å². The van der Waals surface area contributed by atoms with Gasteiger partial charge in [0.15, 0.2) is 0 Å². The summed E-state index contributed by atoms with van der Waals surface area (Å²) in [4.78, 5) is 12.1. The highest BCUT2D eigenvalue weighted by atomic mass is 32.2. The number of carbonyl (C=O) groups excluding carboxylic acids is 1. The molecule has 0 saturated heterocycles. The van der Waals surface area contributed by atoms with Crippen molar-refractivity contribution in [2.75, 3.05) is 60.3 Å². The van der Waals surface area contributed by atoms with E-state index in [9.17, 15) is 9.36 Å². The number of nitrogens with zero attached hydrogens (tertiary/aromatic N) is 1. The lowest BCUT2D eigenvalue weighted by Gasteiger charge is -2.23. The first-order valence-corrected chi connectivity index (χ1v) is 12.7. The largest absolute Gasteiger partial charge is 0.479 e. The first-order chi connectivity index (χ1) is 13.0. The van der Waals surface area contributed by atoms with Crippen LogP contribution in [0.4, 0.5) is 0 Å². The van der Waals surface area contributed by atoms with E-state index in [1.807, 2.05) is 6.92 Å². The van der Waals surface area contributed by atoms with Crippen molar-refractivity contribution < 1.29 is 32.4 Å². The first kappa shape index (κ1) is 27.8. The average Bonchev–Trinajstić information content (AvgIpc) is 2.56. The SMILES string of the molecule is CCOC(=S)SC(CCC(=O)OCCC[N+](C)(C)C)CP(=O)(OCC)OCC. The molecule has 7 nitrogen and oxygen atoms in total. The maximum Gasteiger partial charge on any atom is 0.331 e. The Morgan fingerprint density at radius 1 is 1.07 bits per heavy atom. The lowest BCUT2D eigenvalue weighted by atomic mass is 10.2. The Balaban J connectivity index is 4.69. The first-order valence-electron chi connectivity index (χ1n) is 9.72. The molecule has 0 amide bonds. The van der Waals surface area contributed by atoms with Crippen LogP contribution in [0.3, 0.4) is 0 Å². The molecule has 0 aliphatic carbocycles. The Labute approximate surface area is 179 Å². The minimum Gasteiger partial charge on any atom is -0.479 e. The van der Waals surface area contributed by atoms with Crippen LogP contribution in [-0.2, 0) is 27.9 Å². The highest BCUT2D eigenvalue weighted by Crippen LogP contribution is 2.50. The molecule has 0 aromatic heterocycles. The Morgan fingerprint density at radius 2 is 1.68 bits per heavy atom. The van der Waals surface area contributed by atoms with Gasteiger partial charge in [0.1, 0.15) is 0 Å². The molecule has 10 heteroatoms. The predicted octanol–water partition coefficient (Wildman–Crippen LogP) is 4.10. The van der Waals surface area contributed by atoms with Gasteiger partial charge < -0.3 is 23.0 Å². The van der Waals surface area contributed by atoms with Gasteiger partial charge in [0.05, 0.1) is 60.3 Å². The summed E-state index contributed by atoms with van der Waals surface area (Å²) in [6.45, 7) is 7.76. The Hall–Kier alpha value is -0.180. The molecule has 0 fully saturated rings. The van der Waals surface area contributed by atoms with E-state index in [1.165, 1.54) is 11.8 Å². The summed E-state index contributed by atoms with van der Waals surface area (Å²) in [5, 5.41) is -0.221. The summed E-state index contributed by atoms with van der Waals surface area (Å²) in [6.07, 6.45) is 1.65. The summed E-state index contributed by atoms with van der Waals surface area (Å²) in [5.41, 5.74) is 0. The summed E-state index contributed by atoms with van der Waals surface area (Å²) < 4.78 is 35.4. The van der Waals surface area contributed by atoms with Gasteiger partial charge in [-0.3, -0.25) is 9.36 Å². The monoisotopic (exact) mass is 458 g/mol. The summed E-state index contributed by atoms with van der Waals surface area (Å²) >= 11 is 6.49. The van der Waals surface area contributed by atoms with Crippen LogP contribution < -0.4 is 0 Å². The van der Waals surface area contributed by atoms with Crippen LogP contribution in [0.2, 0.25) is 0 Å². The number of thioether (sulfide) groups is 1. The van der Waals surface area contributed by atoms with Gasteiger partial charge in [-0.15, -0.1) is 0 Å². The molecule has 1 unspecified atom stereocenters. The number of carbonyl (C=O) groups is 1. The molecule has 0 spiro atoms. The van der Waals surface area contributed by atoms with E-state index >= 15 is 0 Å². The molecule has 166 valence electrons. The van der Waals surface area contributed by atoms with Gasteiger partial charge in [0.25, 0.3) is 0 Å². The highest BCUT2D eigenvalue weighted by molar-refractivity contribution is 8.23. The fourth-order valence-corrected chi connectivity index (χ4v) is 6.16. The third-order valence-electron chi connectivity index (χ3n) is 3.51. The molecule has 0 N–H and O–H groups in total. The molecule has 1 atom stereocenters. The minimum atomic E-state index is -3.25. The van der Waals surface area contributed by atoms with Crippen molar-refractivity contribution in [2.45, 2.75) is 45.3 Å². The zero-order valence-electron chi connectivity index (χ0n) is 18.1. The van der Waals surface area contributed by atoms with E-state index in [4.69, 9.17) is 30.7 Å². The normalized spacial score (nSPS) is 13.2. The lowest BCUT2D eigenvalue weighted by molar-refractivity contribution is -0.870. The minimum absolute atomic E-state index is 0.168. The van der Waals surface area contributed by atoms with Crippen LogP contribution >= 0.6 is 31.6 Å². The Kier molecular flexibility index (Phi) is 14.7. The van der Waals surface area contributed by atoms with E-state index in [1.54, 1.807) is 13.8 Å². The van der Waals surface area contributed by atoms with Gasteiger partial charge in [-0.2, -0.15) is 0 Å². The maximum atomic E-state index is 12.9. The topological polar surface area (TPSA) is 71.1 Å². The van der Waals surface area contributed by atoms with Crippen LogP contribution in [0.25, 0.3) is 0 Å². The number of esters is 1. The van der Waals surface area contributed by atoms with Crippen LogP contribution in [-0.4, -0.2) is 80.4 Å². The van der Waals surface area contributed by atoms with Crippen LogP contribution in [0.1, 0.15) is 40.0 Å². The van der Waals surface area contributed by atoms with Crippen molar-refractivity contribution in [2.24, 2.45) is 0 Å². The number of quaternary nitrogens is 1. The lowest BCUT2D eigenvalue weighted by Crippen LogP contribution is -2.35. The zero-order valence-corrected chi connectivity index (χ0v) is 20.6. The number of thiocarbonyl (C=S) groups is 1. The van der Waals surface area contributed by atoms with E-state index in [2.05, 4.69) is 21.1 Å². The highest BCUT2D eigenvalue weighted by Gasteiger charge is 2.30. The summed E-state index contributed by atoms with van der Waals surface area (Å²) in [6, 6.07) is 0. The van der Waals surface area contributed by atoms with E-state index in [0.29, 0.717) is 37.2 Å². The third kappa shape index (κ3) is 14.8. The van der Waals surface area contributed by atoms with E-state index < -0.39 is 7.60 Å². The van der Waals surface area contributed by atoms with Gasteiger partial charge in [-0.25, -0.2) is 0 Å². The second-order valence-electron chi connectivity index (χ2n) is 7.18. The maximum absolute atomic E-state index is 12.9. The second kappa shape index (κ2) is 14.7. The van der Waals surface area contributed by atoms with Crippen molar-refractivity contribution in [1.82, 2.24) is 0 Å². The smallest absolute Gasteiger partial charge is 0.331 e. The predicted molar refractivity (Wildman–Crippen MR) is 119 cm³/mol. The molecular formula is C18H37NO6PS2+. The number of ether oxygens (including phenoxy) is 2. The van der Waals surface area contributed by atoms with Crippen LogP contribution in [0, 0.1) is 0 Å². The molecule has 0 aromatic carbocycles. The van der Waals surface area contributed by atoms with Crippen LogP contribution in [0.15, 0.2) is 0 Å². The number of hydrogen-bond donors (Lipinski definition) is 0. The Morgan fingerprint density at radius 3 is 2.18 bits per heavy atom. The molecule has 0 rings (SSSR count). The van der Waals surface area contributed by atoms with Gasteiger partial charge in [-0.1, -0.05) is 11.8 Å². The molecule has 0 saturated carbocycles. The quantitative estimate of drug-likeness (QED) is 0.119. The van der Waals surface area contributed by atoms with Gasteiger partial charge in [-0.05, 0) is 39.4 Å². The fourth-order valence-electron chi connectivity index (χ4n) is 2.34. The van der Waals surface area contributed by atoms with Crippen molar-refractivity contribution in [1.29, 1.82) is 0 Å². The Bertz CT molecular complexity index is 503. The molecule has 0 heterocycles. The average molecular weight is 459 g/mol. The van der Waals surface area contributed by atoms with E-state index in [0.717, 1.165) is 17.4 Å². The molecular weight excluding hydrogens is 421 g/mol. The van der Waals surface area contributed by atoms with Gasteiger partial charge in [0, 0.05) is 18.1 Å². The molecule has 0 aliphatic rings. The molecule has 0 bridgehead atoms. The second-order valence-corrected chi connectivity index (χ2v) is 11.2. The van der Waals surface area contributed by atoms with Gasteiger partial charge in [0.2, 0.25) is 4.38 Å². The standard InChI is InChI=1S/C18H37NO6PS2/c1-7-22-18(27)28-16(15-26(21,24-8-2)25-9-3)11-12-17(20)23-14-10-13-19(4,5)6/h16H,7-15H2,1-6H3/q+1. The number of rotatable bonds is 15. The molecule has 0 aliphatic heterocycles. The van der Waals surface area contributed by atoms with Crippen LogP contribution in [0.5, 0.6) is 0 Å². The van der Waals surface area contributed by atoms with Crippen molar-refractivity contribution in [3.05, 3.63) is 0 Å². The third-order valence-corrected chi connectivity index (χ3v) is 7.40. The summed E-state index contributed by atoms with van der Waals surface area (Å²) in [5.74, 6) is -0.267. The van der Waals surface area contributed by atoms with Crippen molar-refractivity contribution >= 4 is 41.9 Å². The molecule has 0 radical (unpaired) electrons. The summed E-state index contributed by atoms with van der Waals surface area (Å²) in [7, 11) is 3.05. The van der Waals surface area contributed by atoms with Gasteiger partial charge >= 0.3 is 13.6 Å². The van der Waals surface area contributed by atoms with E-state index in [-0.39, 0.29) is 23.8 Å².